The van der Waals surface area contributed by atoms with Gasteiger partial charge in [-0.3, -0.25) is 4.79 Å². The summed E-state index contributed by atoms with van der Waals surface area (Å²) in [5.41, 5.74) is 1.60. The minimum absolute atomic E-state index is 0.108. The molecule has 88 valence electrons. The normalized spacial score (nSPS) is 10.0. The van der Waals surface area contributed by atoms with Gasteiger partial charge in [-0.1, -0.05) is 11.6 Å². The summed E-state index contributed by atoms with van der Waals surface area (Å²) in [5, 5.41) is 3.33. The van der Waals surface area contributed by atoms with Gasteiger partial charge in [0.1, 0.15) is 0 Å². The van der Waals surface area contributed by atoms with Crippen LogP contribution in [0.3, 0.4) is 0 Å². The topological polar surface area (TPSA) is 32.3 Å². The van der Waals surface area contributed by atoms with Crippen LogP contribution in [0.1, 0.15) is 6.42 Å². The predicted octanol–water partition coefficient (Wildman–Crippen LogP) is 2.97. The molecule has 0 bridgehead atoms. The number of benzene rings is 1. The highest BCUT2D eigenvalue weighted by Gasteiger charge is 2.05. The van der Waals surface area contributed by atoms with Gasteiger partial charge < -0.3 is 10.2 Å². The minimum atomic E-state index is -0.108. The average molecular weight is 261 g/mol. The maximum atomic E-state index is 11.3. The van der Waals surface area contributed by atoms with Gasteiger partial charge in [0.05, 0.1) is 10.7 Å². The Balaban J connectivity index is 2.77. The number of anilines is 2. The average Bonchev–Trinajstić information content (AvgIpc) is 2.17. The molecule has 3 nitrogen and oxygen atoms in total. The van der Waals surface area contributed by atoms with Crippen molar-refractivity contribution in [2.24, 2.45) is 0 Å². The second-order valence-corrected chi connectivity index (χ2v) is 4.33. The van der Waals surface area contributed by atoms with Gasteiger partial charge in [0.2, 0.25) is 5.91 Å². The van der Waals surface area contributed by atoms with Gasteiger partial charge in [0.25, 0.3) is 0 Å². The molecule has 0 aliphatic carbocycles. The maximum absolute atomic E-state index is 11.3. The van der Waals surface area contributed by atoms with Crippen molar-refractivity contribution < 1.29 is 4.79 Å². The molecular weight excluding hydrogens is 247 g/mol. The van der Waals surface area contributed by atoms with Crippen LogP contribution in [-0.4, -0.2) is 25.9 Å². The van der Waals surface area contributed by atoms with Crippen molar-refractivity contribution in [3.05, 3.63) is 23.2 Å². The van der Waals surface area contributed by atoms with Crippen LogP contribution < -0.4 is 10.2 Å². The van der Waals surface area contributed by atoms with Crippen LogP contribution in [0.5, 0.6) is 0 Å². The Hall–Kier alpha value is -0.930. The molecule has 16 heavy (non-hydrogen) atoms. The van der Waals surface area contributed by atoms with Gasteiger partial charge in [0.15, 0.2) is 0 Å². The van der Waals surface area contributed by atoms with Crippen molar-refractivity contribution in [1.82, 2.24) is 0 Å². The molecule has 0 heterocycles. The molecule has 0 radical (unpaired) electrons. The smallest absolute Gasteiger partial charge is 0.225 e. The highest BCUT2D eigenvalue weighted by Crippen LogP contribution is 2.27. The molecule has 5 heteroatoms. The van der Waals surface area contributed by atoms with Crippen molar-refractivity contribution >= 4 is 40.5 Å². The minimum Gasteiger partial charge on any atom is -0.376 e. The Morgan fingerprint density at radius 3 is 2.62 bits per heavy atom. The highest BCUT2D eigenvalue weighted by molar-refractivity contribution is 6.33. The van der Waals surface area contributed by atoms with Gasteiger partial charge >= 0.3 is 0 Å². The van der Waals surface area contributed by atoms with Crippen LogP contribution in [-0.2, 0) is 4.79 Å². The van der Waals surface area contributed by atoms with E-state index in [1.54, 1.807) is 6.07 Å². The first kappa shape index (κ1) is 13.1. The second-order valence-electron chi connectivity index (χ2n) is 3.55. The van der Waals surface area contributed by atoms with E-state index in [4.69, 9.17) is 23.2 Å². The first-order valence-corrected chi connectivity index (χ1v) is 5.78. The van der Waals surface area contributed by atoms with Crippen molar-refractivity contribution in [2.45, 2.75) is 6.42 Å². The van der Waals surface area contributed by atoms with Gasteiger partial charge in [-0.25, -0.2) is 0 Å². The monoisotopic (exact) mass is 260 g/mol. The van der Waals surface area contributed by atoms with Gasteiger partial charge in [0, 0.05) is 32.1 Å². The van der Waals surface area contributed by atoms with E-state index < -0.39 is 0 Å². The molecule has 1 rings (SSSR count). The second kappa shape index (κ2) is 5.97. The van der Waals surface area contributed by atoms with E-state index in [0.717, 1.165) is 5.69 Å². The van der Waals surface area contributed by atoms with Gasteiger partial charge in [-0.05, 0) is 18.2 Å². The number of nitrogens with one attached hydrogen (secondary N) is 1. The number of carbonyl (C=O) groups is 1. The van der Waals surface area contributed by atoms with Crippen LogP contribution >= 0.6 is 23.2 Å². The van der Waals surface area contributed by atoms with Gasteiger partial charge in [-0.2, -0.15) is 0 Å². The Morgan fingerprint density at radius 2 is 2.12 bits per heavy atom. The quantitative estimate of drug-likeness (QED) is 0.845. The number of hydrogen-bond acceptors (Lipinski definition) is 2. The predicted molar refractivity (Wildman–Crippen MR) is 69.7 cm³/mol. The molecule has 0 aromatic heterocycles. The first-order valence-electron chi connectivity index (χ1n) is 4.87. The van der Waals surface area contributed by atoms with Gasteiger partial charge in [-0.15, -0.1) is 11.6 Å². The van der Waals surface area contributed by atoms with Crippen LogP contribution in [0.2, 0.25) is 5.02 Å². The lowest BCUT2D eigenvalue weighted by atomic mass is 10.2. The third kappa shape index (κ3) is 3.58. The Kier molecular flexibility index (Phi) is 4.90. The largest absolute Gasteiger partial charge is 0.376 e. The lowest BCUT2D eigenvalue weighted by Crippen LogP contribution is -2.13. The summed E-state index contributed by atoms with van der Waals surface area (Å²) >= 11 is 11.5. The van der Waals surface area contributed by atoms with Crippen molar-refractivity contribution in [3.8, 4) is 0 Å². The number of rotatable bonds is 4. The van der Waals surface area contributed by atoms with Crippen molar-refractivity contribution in [2.75, 3.05) is 30.2 Å². The summed E-state index contributed by atoms with van der Waals surface area (Å²) in [5.74, 6) is 0.207. The van der Waals surface area contributed by atoms with E-state index in [1.807, 2.05) is 31.1 Å². The fraction of sp³-hybridized carbons (Fsp3) is 0.364. The molecule has 0 fully saturated rings. The molecule has 0 saturated carbocycles. The van der Waals surface area contributed by atoms with Crippen LogP contribution in [0.4, 0.5) is 11.4 Å². The molecule has 0 unspecified atom stereocenters. The Bertz CT molecular complexity index is 380. The fourth-order valence-electron chi connectivity index (χ4n) is 1.26. The van der Waals surface area contributed by atoms with Crippen LogP contribution in [0.25, 0.3) is 0 Å². The number of alkyl halides is 1. The zero-order chi connectivity index (χ0) is 12.1. The lowest BCUT2D eigenvalue weighted by molar-refractivity contribution is -0.115. The van der Waals surface area contributed by atoms with Crippen molar-refractivity contribution in [3.63, 3.8) is 0 Å². The molecule has 1 amide bonds. The SMILES string of the molecule is CN(C)c1ccc(NC(=O)CCCl)cc1Cl. The van der Waals surface area contributed by atoms with E-state index >= 15 is 0 Å². The van der Waals surface area contributed by atoms with Crippen molar-refractivity contribution in [1.29, 1.82) is 0 Å². The molecular formula is C11H14Cl2N2O. The number of hydrogen-bond donors (Lipinski definition) is 1. The number of nitrogens with zero attached hydrogens (tertiary/aromatic N) is 1. The molecule has 0 aliphatic rings. The fourth-order valence-corrected chi connectivity index (χ4v) is 1.78. The number of halogens is 2. The number of amides is 1. The molecule has 0 atom stereocenters. The summed E-state index contributed by atoms with van der Waals surface area (Å²) in [4.78, 5) is 13.2. The van der Waals surface area contributed by atoms with E-state index in [9.17, 15) is 4.79 Å². The van der Waals surface area contributed by atoms with Crippen LogP contribution in [0, 0.1) is 0 Å². The highest BCUT2D eigenvalue weighted by atomic mass is 35.5. The Morgan fingerprint density at radius 1 is 1.44 bits per heavy atom. The third-order valence-electron chi connectivity index (χ3n) is 2.03. The van der Waals surface area contributed by atoms with Crippen LogP contribution in [0.15, 0.2) is 18.2 Å². The molecule has 1 aromatic carbocycles. The maximum Gasteiger partial charge on any atom is 0.225 e. The summed E-state index contributed by atoms with van der Waals surface area (Å²) < 4.78 is 0. The summed E-state index contributed by atoms with van der Waals surface area (Å²) in [6.07, 6.45) is 0.300. The van der Waals surface area contributed by atoms with E-state index in [1.165, 1.54) is 0 Å². The summed E-state index contributed by atoms with van der Waals surface area (Å²) in [6, 6.07) is 5.40. The van der Waals surface area contributed by atoms with E-state index in [2.05, 4.69) is 5.32 Å². The zero-order valence-electron chi connectivity index (χ0n) is 9.26. The third-order valence-corrected chi connectivity index (χ3v) is 2.53. The standard InChI is InChI=1S/C11H14Cl2N2O/c1-15(2)10-4-3-8(7-9(10)13)14-11(16)5-6-12/h3-4,7H,5-6H2,1-2H3,(H,14,16). The summed E-state index contributed by atoms with van der Waals surface area (Å²) in [6.45, 7) is 0. The zero-order valence-corrected chi connectivity index (χ0v) is 10.8. The van der Waals surface area contributed by atoms with E-state index in [-0.39, 0.29) is 5.91 Å². The molecule has 1 N–H and O–H groups in total. The Labute approximate surface area is 105 Å². The van der Waals surface area contributed by atoms with E-state index in [0.29, 0.717) is 23.0 Å². The first-order chi connectivity index (χ1) is 7.54. The molecule has 1 aromatic rings. The molecule has 0 spiro atoms. The summed E-state index contributed by atoms with van der Waals surface area (Å²) in [7, 11) is 3.82. The molecule has 0 aliphatic heterocycles. The number of carbonyl (C=O) groups excluding carboxylic acids is 1. The lowest BCUT2D eigenvalue weighted by Gasteiger charge is -2.15. The molecule has 0 saturated heterocycles.